The van der Waals surface area contributed by atoms with Gasteiger partial charge in [0.1, 0.15) is 0 Å². The zero-order valence-electron chi connectivity index (χ0n) is 10.7. The van der Waals surface area contributed by atoms with Crippen LogP contribution in [0.25, 0.3) is 0 Å². The quantitative estimate of drug-likeness (QED) is 0.704. The molecule has 1 aromatic rings. The summed E-state index contributed by atoms with van der Waals surface area (Å²) >= 11 is 0. The minimum Gasteiger partial charge on any atom is -0.478 e. The van der Waals surface area contributed by atoms with Gasteiger partial charge in [-0.05, 0) is 12.1 Å². The fourth-order valence-electron chi connectivity index (χ4n) is 1.43. The molecule has 0 heterocycles. The molecule has 0 aliphatic rings. The number of carbonyl (C=O) groups is 1. The van der Waals surface area contributed by atoms with Crippen LogP contribution in [0.4, 0.5) is 5.69 Å². The minimum atomic E-state index is -3.80. The average molecular weight is 288 g/mol. The molecule has 0 bridgehead atoms. The normalized spacial score (nSPS) is 11.3. The van der Waals surface area contributed by atoms with E-state index in [0.29, 0.717) is 0 Å². The summed E-state index contributed by atoms with van der Waals surface area (Å²) in [5.41, 5.74) is 0.0158. The molecule has 2 N–H and O–H groups in total. The van der Waals surface area contributed by atoms with E-state index in [-0.39, 0.29) is 24.4 Å². The first-order chi connectivity index (χ1) is 8.90. The van der Waals surface area contributed by atoms with E-state index in [1.54, 1.807) is 6.07 Å². The number of hydrogen-bond donors (Lipinski definition) is 2. The average Bonchev–Trinajstić information content (AvgIpc) is 2.38. The number of rotatable bonds is 7. The van der Waals surface area contributed by atoms with E-state index in [0.717, 1.165) is 4.31 Å². The van der Waals surface area contributed by atoms with Gasteiger partial charge >= 0.3 is 16.2 Å². The summed E-state index contributed by atoms with van der Waals surface area (Å²) in [6.07, 6.45) is 0. The van der Waals surface area contributed by atoms with Gasteiger partial charge in [0.15, 0.2) is 0 Å². The summed E-state index contributed by atoms with van der Waals surface area (Å²) in [6.45, 7) is 0.339. The number of ether oxygens (including phenoxy) is 1. The van der Waals surface area contributed by atoms with Gasteiger partial charge in [-0.2, -0.15) is 13.1 Å². The minimum absolute atomic E-state index is 0.0814. The van der Waals surface area contributed by atoms with E-state index in [9.17, 15) is 13.2 Å². The van der Waals surface area contributed by atoms with Crippen molar-refractivity contribution < 1.29 is 23.1 Å². The van der Waals surface area contributed by atoms with Crippen molar-refractivity contribution in [1.29, 1.82) is 0 Å². The number of nitrogens with zero attached hydrogens (tertiary/aromatic N) is 1. The zero-order valence-corrected chi connectivity index (χ0v) is 11.5. The molecule has 0 unspecified atom stereocenters. The highest BCUT2D eigenvalue weighted by molar-refractivity contribution is 7.90. The lowest BCUT2D eigenvalue weighted by molar-refractivity contribution is 0.0698. The van der Waals surface area contributed by atoms with Crippen molar-refractivity contribution in [2.45, 2.75) is 0 Å². The van der Waals surface area contributed by atoms with Crippen LogP contribution in [-0.4, -0.2) is 46.8 Å². The lowest BCUT2D eigenvalue weighted by Gasteiger charge is -2.21. The van der Waals surface area contributed by atoms with Crippen LogP contribution >= 0.6 is 0 Å². The highest BCUT2D eigenvalue weighted by atomic mass is 32.2. The van der Waals surface area contributed by atoms with Gasteiger partial charge in [0, 0.05) is 20.7 Å². The van der Waals surface area contributed by atoms with E-state index in [2.05, 4.69) is 4.72 Å². The summed E-state index contributed by atoms with van der Waals surface area (Å²) in [7, 11) is -1.06. The molecule has 8 heteroatoms. The first-order valence-corrected chi connectivity index (χ1v) is 6.89. The molecule has 0 spiro atoms. The molecule has 0 aliphatic heterocycles. The molecule has 0 fully saturated rings. The maximum Gasteiger partial charge on any atom is 0.337 e. The second kappa shape index (κ2) is 6.50. The third-order valence-corrected chi connectivity index (χ3v) is 3.91. The first kappa shape index (κ1) is 15.4. The number of benzene rings is 1. The van der Waals surface area contributed by atoms with Crippen LogP contribution in [0.15, 0.2) is 24.3 Å². The highest BCUT2D eigenvalue weighted by Gasteiger charge is 2.22. The molecule has 1 aromatic carbocycles. The summed E-state index contributed by atoms with van der Waals surface area (Å²) in [4.78, 5) is 11.1. The van der Waals surface area contributed by atoms with Gasteiger partial charge in [0.05, 0.1) is 17.9 Å². The topological polar surface area (TPSA) is 95.9 Å². The Balaban J connectivity index is 2.99. The molecule has 19 heavy (non-hydrogen) atoms. The number of hydrogen-bond acceptors (Lipinski definition) is 4. The van der Waals surface area contributed by atoms with E-state index in [1.807, 2.05) is 0 Å². The largest absolute Gasteiger partial charge is 0.478 e. The third-order valence-electron chi connectivity index (χ3n) is 2.42. The second-order valence-electron chi connectivity index (χ2n) is 3.68. The number of carboxylic acids is 1. The smallest absolute Gasteiger partial charge is 0.337 e. The molecule has 0 saturated heterocycles. The fourth-order valence-corrected chi connectivity index (χ4v) is 2.38. The number of anilines is 1. The van der Waals surface area contributed by atoms with E-state index < -0.39 is 16.2 Å². The Kier molecular flexibility index (Phi) is 5.28. The Morgan fingerprint density at radius 2 is 2.05 bits per heavy atom. The predicted octanol–water partition coefficient (Wildman–Crippen LogP) is 0.302. The van der Waals surface area contributed by atoms with Gasteiger partial charge in [0.2, 0.25) is 0 Å². The van der Waals surface area contributed by atoms with Crippen LogP contribution in [0.3, 0.4) is 0 Å². The van der Waals surface area contributed by atoms with E-state index in [1.165, 1.54) is 32.4 Å². The summed E-state index contributed by atoms with van der Waals surface area (Å²) in [5.74, 6) is -1.19. The van der Waals surface area contributed by atoms with Crippen molar-refractivity contribution in [2.24, 2.45) is 0 Å². The SMILES string of the molecule is COCCNS(=O)(=O)N(C)c1ccccc1C(=O)O. The molecule has 1 rings (SSSR count). The molecule has 0 radical (unpaired) electrons. The van der Waals surface area contributed by atoms with Crippen molar-refractivity contribution >= 4 is 21.9 Å². The first-order valence-electron chi connectivity index (χ1n) is 5.45. The Morgan fingerprint density at radius 1 is 1.42 bits per heavy atom. The predicted molar refractivity (Wildman–Crippen MR) is 70.6 cm³/mol. The maximum absolute atomic E-state index is 11.9. The maximum atomic E-state index is 11.9. The van der Waals surface area contributed by atoms with Gasteiger partial charge in [-0.1, -0.05) is 12.1 Å². The Labute approximate surface area is 112 Å². The van der Waals surface area contributed by atoms with Crippen LogP contribution in [0.2, 0.25) is 0 Å². The molecule has 0 saturated carbocycles. The second-order valence-corrected chi connectivity index (χ2v) is 5.47. The Morgan fingerprint density at radius 3 is 2.63 bits per heavy atom. The summed E-state index contributed by atoms with van der Waals surface area (Å²) < 4.78 is 31.8. The molecule has 0 amide bonds. The van der Waals surface area contributed by atoms with Crippen LogP contribution in [0.1, 0.15) is 10.4 Å². The third kappa shape index (κ3) is 3.91. The standard InChI is InChI=1S/C11H16N2O5S/c1-13(19(16,17)12-7-8-18-2)10-6-4-3-5-9(10)11(14)15/h3-6,12H,7-8H2,1-2H3,(H,14,15). The lowest BCUT2D eigenvalue weighted by atomic mass is 10.2. The zero-order chi connectivity index (χ0) is 14.5. The van der Waals surface area contributed by atoms with E-state index in [4.69, 9.17) is 9.84 Å². The number of para-hydroxylation sites is 1. The van der Waals surface area contributed by atoms with Crippen LogP contribution in [0, 0.1) is 0 Å². The van der Waals surface area contributed by atoms with Crippen LogP contribution in [-0.2, 0) is 14.9 Å². The van der Waals surface area contributed by atoms with Crippen molar-refractivity contribution in [3.8, 4) is 0 Å². The van der Waals surface area contributed by atoms with Gasteiger partial charge in [-0.15, -0.1) is 0 Å². The lowest BCUT2D eigenvalue weighted by Crippen LogP contribution is -2.40. The van der Waals surface area contributed by atoms with Gasteiger partial charge in [0.25, 0.3) is 0 Å². The van der Waals surface area contributed by atoms with E-state index >= 15 is 0 Å². The van der Waals surface area contributed by atoms with Gasteiger partial charge < -0.3 is 9.84 Å². The number of methoxy groups -OCH3 is 1. The molecule has 7 nitrogen and oxygen atoms in total. The molecule has 0 aliphatic carbocycles. The van der Waals surface area contributed by atoms with Crippen molar-refractivity contribution in [3.63, 3.8) is 0 Å². The molecule has 106 valence electrons. The Hall–Kier alpha value is -1.64. The van der Waals surface area contributed by atoms with Crippen LogP contribution < -0.4 is 9.03 Å². The molecule has 0 aromatic heterocycles. The van der Waals surface area contributed by atoms with Gasteiger partial charge in [-0.25, -0.2) is 4.79 Å². The Bertz CT molecular complexity index is 544. The summed E-state index contributed by atoms with van der Waals surface area (Å²) in [6, 6.07) is 5.88. The van der Waals surface area contributed by atoms with Crippen molar-refractivity contribution in [2.75, 3.05) is 31.6 Å². The van der Waals surface area contributed by atoms with Crippen LogP contribution in [0.5, 0.6) is 0 Å². The van der Waals surface area contributed by atoms with Crippen molar-refractivity contribution in [3.05, 3.63) is 29.8 Å². The van der Waals surface area contributed by atoms with Crippen molar-refractivity contribution in [1.82, 2.24) is 4.72 Å². The number of nitrogens with one attached hydrogen (secondary N) is 1. The summed E-state index contributed by atoms with van der Waals surface area (Å²) in [5, 5.41) is 9.03. The van der Waals surface area contributed by atoms with Gasteiger partial charge in [-0.3, -0.25) is 4.31 Å². The highest BCUT2D eigenvalue weighted by Crippen LogP contribution is 2.20. The molecule has 0 atom stereocenters. The molecular formula is C11H16N2O5S. The number of aromatic carboxylic acids is 1. The fraction of sp³-hybridized carbons (Fsp3) is 0.364. The number of carboxylic acid groups (broad SMARTS) is 1. The monoisotopic (exact) mass is 288 g/mol. The molecular weight excluding hydrogens is 272 g/mol.